The van der Waals surface area contributed by atoms with E-state index in [-0.39, 0.29) is 0 Å². The Balaban J connectivity index is 1.65. The second-order valence-electron chi connectivity index (χ2n) is 6.04. The topological polar surface area (TPSA) is 12.0 Å². The molecule has 1 N–H and O–H groups in total. The number of fused-ring (bicyclic) bond motifs is 1. The highest BCUT2D eigenvalue weighted by atomic mass is 14.9. The van der Waals surface area contributed by atoms with Gasteiger partial charge in [0.25, 0.3) is 0 Å². The molecule has 1 aromatic carbocycles. The Morgan fingerprint density at radius 2 is 2.06 bits per heavy atom. The Hall–Kier alpha value is -0.820. The second kappa shape index (κ2) is 5.44. The largest absolute Gasteiger partial charge is 0.314 e. The van der Waals surface area contributed by atoms with E-state index in [1.54, 1.807) is 16.7 Å². The Morgan fingerprint density at radius 3 is 2.94 bits per heavy atom. The van der Waals surface area contributed by atoms with E-state index in [0.29, 0.717) is 0 Å². The van der Waals surface area contributed by atoms with Crippen LogP contribution in [0.3, 0.4) is 0 Å². The molecule has 2 atom stereocenters. The Kier molecular flexibility index (Phi) is 3.69. The van der Waals surface area contributed by atoms with E-state index < -0.39 is 0 Å². The van der Waals surface area contributed by atoms with E-state index >= 15 is 0 Å². The molecule has 1 saturated carbocycles. The lowest BCUT2D eigenvalue weighted by molar-refractivity contribution is 0.517. The molecule has 0 spiro atoms. The van der Waals surface area contributed by atoms with Crippen LogP contribution in [-0.2, 0) is 12.8 Å². The zero-order valence-electron chi connectivity index (χ0n) is 11.5. The maximum absolute atomic E-state index is 3.68. The SMILES string of the molecule is CCCNC1CCC(c2ccc3c(c2)CCC3)C1. The summed E-state index contributed by atoms with van der Waals surface area (Å²) < 4.78 is 0. The molecule has 2 aliphatic carbocycles. The summed E-state index contributed by atoms with van der Waals surface area (Å²) in [4.78, 5) is 0. The van der Waals surface area contributed by atoms with Gasteiger partial charge in [-0.2, -0.15) is 0 Å². The fourth-order valence-electron chi connectivity index (χ4n) is 3.66. The van der Waals surface area contributed by atoms with Crippen molar-refractivity contribution in [1.29, 1.82) is 0 Å². The van der Waals surface area contributed by atoms with Crippen molar-refractivity contribution in [3.05, 3.63) is 34.9 Å². The summed E-state index contributed by atoms with van der Waals surface area (Å²) in [5, 5.41) is 3.68. The minimum atomic E-state index is 0.767. The number of hydrogen-bond donors (Lipinski definition) is 1. The van der Waals surface area contributed by atoms with Gasteiger partial charge in [0.05, 0.1) is 0 Å². The van der Waals surface area contributed by atoms with E-state index in [0.717, 1.165) is 12.0 Å². The lowest BCUT2D eigenvalue weighted by Gasteiger charge is -2.14. The molecule has 1 heteroatoms. The molecular formula is C17H25N. The zero-order chi connectivity index (χ0) is 12.4. The third-order valence-corrected chi connectivity index (χ3v) is 4.71. The average molecular weight is 243 g/mol. The molecule has 2 aliphatic rings. The van der Waals surface area contributed by atoms with Crippen LogP contribution in [0.5, 0.6) is 0 Å². The van der Waals surface area contributed by atoms with Crippen LogP contribution < -0.4 is 5.32 Å². The number of hydrogen-bond acceptors (Lipinski definition) is 1. The molecule has 98 valence electrons. The molecule has 3 rings (SSSR count). The summed E-state index contributed by atoms with van der Waals surface area (Å²) in [5.41, 5.74) is 4.85. The predicted octanol–water partition coefficient (Wildman–Crippen LogP) is 3.81. The standard InChI is InChI=1S/C17H25N/c1-2-10-18-17-9-8-16(12-17)15-7-6-13-4-3-5-14(13)11-15/h6-7,11,16-18H,2-5,8-10,12H2,1H3. The summed E-state index contributed by atoms with van der Waals surface area (Å²) in [6, 6.07) is 8.07. The lowest BCUT2D eigenvalue weighted by Crippen LogP contribution is -2.26. The van der Waals surface area contributed by atoms with Crippen molar-refractivity contribution < 1.29 is 0 Å². The van der Waals surface area contributed by atoms with E-state index in [4.69, 9.17) is 0 Å². The molecule has 0 bridgehead atoms. The van der Waals surface area contributed by atoms with E-state index in [2.05, 4.69) is 30.4 Å². The molecule has 0 amide bonds. The lowest BCUT2D eigenvalue weighted by atomic mass is 9.94. The molecule has 1 aromatic rings. The van der Waals surface area contributed by atoms with Crippen molar-refractivity contribution in [2.24, 2.45) is 0 Å². The summed E-state index contributed by atoms with van der Waals surface area (Å²) >= 11 is 0. The summed E-state index contributed by atoms with van der Waals surface area (Å²) in [5.74, 6) is 0.810. The first-order valence-corrected chi connectivity index (χ1v) is 7.72. The second-order valence-corrected chi connectivity index (χ2v) is 6.04. The van der Waals surface area contributed by atoms with Crippen LogP contribution in [0.4, 0.5) is 0 Å². The highest BCUT2D eigenvalue weighted by Gasteiger charge is 2.26. The summed E-state index contributed by atoms with van der Waals surface area (Å²) in [6.07, 6.45) is 9.32. The van der Waals surface area contributed by atoms with Gasteiger partial charge in [0.15, 0.2) is 0 Å². The minimum absolute atomic E-state index is 0.767. The third-order valence-electron chi connectivity index (χ3n) is 4.71. The van der Waals surface area contributed by atoms with Crippen LogP contribution in [0.2, 0.25) is 0 Å². The van der Waals surface area contributed by atoms with Gasteiger partial charge in [-0.1, -0.05) is 25.1 Å². The van der Waals surface area contributed by atoms with Gasteiger partial charge in [0, 0.05) is 6.04 Å². The van der Waals surface area contributed by atoms with Crippen molar-refractivity contribution in [1.82, 2.24) is 5.32 Å². The van der Waals surface area contributed by atoms with Crippen molar-refractivity contribution in [3.63, 3.8) is 0 Å². The van der Waals surface area contributed by atoms with Crippen LogP contribution in [0.25, 0.3) is 0 Å². The molecular weight excluding hydrogens is 218 g/mol. The molecule has 2 unspecified atom stereocenters. The molecule has 0 aromatic heterocycles. The van der Waals surface area contributed by atoms with Gasteiger partial charge in [-0.05, 0) is 74.1 Å². The fourth-order valence-corrected chi connectivity index (χ4v) is 3.66. The van der Waals surface area contributed by atoms with Crippen LogP contribution in [-0.4, -0.2) is 12.6 Å². The van der Waals surface area contributed by atoms with Crippen molar-refractivity contribution in [2.45, 2.75) is 63.8 Å². The van der Waals surface area contributed by atoms with Crippen molar-refractivity contribution in [2.75, 3.05) is 6.54 Å². The Labute approximate surface area is 111 Å². The molecule has 0 aliphatic heterocycles. The third kappa shape index (κ3) is 2.47. The van der Waals surface area contributed by atoms with Gasteiger partial charge in [-0.15, -0.1) is 0 Å². The minimum Gasteiger partial charge on any atom is -0.314 e. The van der Waals surface area contributed by atoms with Crippen LogP contribution >= 0.6 is 0 Å². The van der Waals surface area contributed by atoms with E-state index in [9.17, 15) is 0 Å². The summed E-state index contributed by atoms with van der Waals surface area (Å²) in [6.45, 7) is 3.43. The molecule has 0 saturated heterocycles. The van der Waals surface area contributed by atoms with Crippen LogP contribution in [0.15, 0.2) is 18.2 Å². The normalized spacial score (nSPS) is 26.5. The van der Waals surface area contributed by atoms with Crippen LogP contribution in [0.1, 0.15) is 61.6 Å². The molecule has 0 radical (unpaired) electrons. The van der Waals surface area contributed by atoms with Gasteiger partial charge in [0.1, 0.15) is 0 Å². The monoisotopic (exact) mass is 243 g/mol. The molecule has 0 heterocycles. The highest BCUT2D eigenvalue weighted by Crippen LogP contribution is 2.36. The van der Waals surface area contributed by atoms with Crippen molar-refractivity contribution >= 4 is 0 Å². The average Bonchev–Trinajstić information content (AvgIpc) is 3.04. The first kappa shape index (κ1) is 12.2. The number of rotatable bonds is 4. The van der Waals surface area contributed by atoms with E-state index in [1.165, 1.54) is 51.5 Å². The predicted molar refractivity (Wildman–Crippen MR) is 77.1 cm³/mol. The smallest absolute Gasteiger partial charge is 0.00730 e. The first-order valence-electron chi connectivity index (χ1n) is 7.72. The maximum atomic E-state index is 3.68. The number of benzene rings is 1. The van der Waals surface area contributed by atoms with Gasteiger partial charge in [0.2, 0.25) is 0 Å². The maximum Gasteiger partial charge on any atom is 0.00730 e. The summed E-state index contributed by atoms with van der Waals surface area (Å²) in [7, 11) is 0. The Bertz CT molecular complexity index is 410. The Morgan fingerprint density at radius 1 is 1.17 bits per heavy atom. The van der Waals surface area contributed by atoms with Gasteiger partial charge < -0.3 is 5.32 Å². The van der Waals surface area contributed by atoms with Gasteiger partial charge in [-0.3, -0.25) is 0 Å². The molecule has 18 heavy (non-hydrogen) atoms. The van der Waals surface area contributed by atoms with E-state index in [1.807, 2.05) is 0 Å². The highest BCUT2D eigenvalue weighted by molar-refractivity contribution is 5.37. The van der Waals surface area contributed by atoms with Gasteiger partial charge >= 0.3 is 0 Å². The van der Waals surface area contributed by atoms with Gasteiger partial charge in [-0.25, -0.2) is 0 Å². The quantitative estimate of drug-likeness (QED) is 0.848. The van der Waals surface area contributed by atoms with Crippen LogP contribution in [0, 0.1) is 0 Å². The molecule has 1 nitrogen and oxygen atoms in total. The number of aryl methyl sites for hydroxylation is 2. The first-order chi connectivity index (χ1) is 8.86. The number of nitrogens with one attached hydrogen (secondary N) is 1. The molecule has 1 fully saturated rings. The zero-order valence-corrected chi connectivity index (χ0v) is 11.5. The fraction of sp³-hybridized carbons (Fsp3) is 0.647. The van der Waals surface area contributed by atoms with Crippen molar-refractivity contribution in [3.8, 4) is 0 Å².